The molecular weight excluding hydrogens is 384 g/mol. The van der Waals surface area contributed by atoms with Crippen LogP contribution in [-0.2, 0) is 4.79 Å². The van der Waals surface area contributed by atoms with Gasteiger partial charge in [0.1, 0.15) is 22.5 Å². The van der Waals surface area contributed by atoms with Crippen molar-refractivity contribution in [3.05, 3.63) is 88.1 Å². The smallest absolute Gasteiger partial charge is 0.312 e. The van der Waals surface area contributed by atoms with Crippen LogP contribution in [0, 0.1) is 0 Å². The van der Waals surface area contributed by atoms with Crippen molar-refractivity contribution in [3.8, 4) is 28.6 Å². The maximum atomic E-state index is 13.0. The molecule has 2 heterocycles. The highest BCUT2D eigenvalue weighted by Gasteiger charge is 2.34. The number of hydrogen-bond donors (Lipinski definition) is 2. The van der Waals surface area contributed by atoms with Crippen molar-refractivity contribution in [2.75, 3.05) is 0 Å². The van der Waals surface area contributed by atoms with Gasteiger partial charge in [0.15, 0.2) is 5.76 Å². The van der Waals surface area contributed by atoms with Crippen LogP contribution >= 0.6 is 0 Å². The maximum absolute atomic E-state index is 13.0. The fraction of sp³-hybridized carbons (Fsp3) is 0.0833. The van der Waals surface area contributed by atoms with Crippen molar-refractivity contribution in [2.45, 2.75) is 12.3 Å². The molecule has 3 aromatic carbocycles. The molecule has 0 saturated carbocycles. The second-order valence-electron chi connectivity index (χ2n) is 7.13. The molecule has 0 radical (unpaired) electrons. The van der Waals surface area contributed by atoms with E-state index >= 15 is 0 Å². The van der Waals surface area contributed by atoms with Gasteiger partial charge in [0.25, 0.3) is 0 Å². The van der Waals surface area contributed by atoms with Crippen LogP contribution in [-0.4, -0.2) is 16.2 Å². The third-order valence-corrected chi connectivity index (χ3v) is 5.30. The number of hydrogen-bond acceptors (Lipinski definition) is 6. The molecule has 148 valence electrons. The minimum absolute atomic E-state index is 0.00962. The highest BCUT2D eigenvalue weighted by molar-refractivity contribution is 5.94. The SMILES string of the molecule is O=C1CC(c2ccccc2)c2c(cc(O)c3c(=O)c(O)c(-c4ccccc4)oc23)O1. The molecule has 2 N–H and O–H groups in total. The van der Waals surface area contributed by atoms with Gasteiger partial charge in [-0.25, -0.2) is 0 Å². The Labute approximate surface area is 170 Å². The molecule has 0 amide bonds. The Morgan fingerprint density at radius 3 is 2.27 bits per heavy atom. The van der Waals surface area contributed by atoms with Crippen LogP contribution in [0.15, 0.2) is 75.9 Å². The normalized spacial score (nSPS) is 15.6. The number of carbonyl (C=O) groups excluding carboxylic acids is 1. The largest absolute Gasteiger partial charge is 0.507 e. The Morgan fingerprint density at radius 2 is 1.57 bits per heavy atom. The van der Waals surface area contributed by atoms with Crippen molar-refractivity contribution in [1.29, 1.82) is 0 Å². The van der Waals surface area contributed by atoms with Gasteiger partial charge in [-0.1, -0.05) is 60.7 Å². The Balaban J connectivity index is 1.88. The lowest BCUT2D eigenvalue weighted by atomic mass is 9.85. The summed E-state index contributed by atoms with van der Waals surface area (Å²) in [6.45, 7) is 0. The van der Waals surface area contributed by atoms with E-state index in [2.05, 4.69) is 0 Å². The Kier molecular flexibility index (Phi) is 4.06. The minimum atomic E-state index is -0.751. The molecule has 1 aromatic heterocycles. The summed E-state index contributed by atoms with van der Waals surface area (Å²) in [6, 6.07) is 19.3. The number of benzene rings is 3. The minimum Gasteiger partial charge on any atom is -0.507 e. The number of fused-ring (bicyclic) bond motifs is 3. The first-order valence-corrected chi connectivity index (χ1v) is 9.41. The summed E-state index contributed by atoms with van der Waals surface area (Å²) in [5.41, 5.74) is 1.18. The van der Waals surface area contributed by atoms with E-state index in [-0.39, 0.29) is 28.9 Å². The van der Waals surface area contributed by atoms with Crippen LogP contribution in [0.4, 0.5) is 0 Å². The van der Waals surface area contributed by atoms with Gasteiger partial charge in [-0.05, 0) is 5.56 Å². The Bertz CT molecular complexity index is 1340. The van der Waals surface area contributed by atoms with Crippen molar-refractivity contribution >= 4 is 16.9 Å². The highest BCUT2D eigenvalue weighted by Crippen LogP contribution is 2.46. The predicted molar refractivity (Wildman–Crippen MR) is 110 cm³/mol. The number of aromatic hydroxyl groups is 2. The van der Waals surface area contributed by atoms with Gasteiger partial charge in [0.2, 0.25) is 11.2 Å². The topological polar surface area (TPSA) is 97.0 Å². The van der Waals surface area contributed by atoms with Gasteiger partial charge < -0.3 is 19.4 Å². The standard InChI is InChI=1S/C24H16O6/c25-16-12-17-19(15(11-18(26)29-17)13-7-3-1-4-8-13)24-20(16)21(27)22(28)23(30-24)14-9-5-2-6-10-14/h1-10,12,15,25,28H,11H2. The first kappa shape index (κ1) is 18.0. The van der Waals surface area contributed by atoms with Crippen molar-refractivity contribution in [1.82, 2.24) is 0 Å². The van der Waals surface area contributed by atoms with Crippen molar-refractivity contribution in [3.63, 3.8) is 0 Å². The lowest BCUT2D eigenvalue weighted by Crippen LogP contribution is -2.22. The number of esters is 1. The lowest BCUT2D eigenvalue weighted by Gasteiger charge is -2.26. The highest BCUT2D eigenvalue weighted by atomic mass is 16.5. The fourth-order valence-corrected chi connectivity index (χ4v) is 3.94. The summed E-state index contributed by atoms with van der Waals surface area (Å²) in [5.74, 6) is -1.76. The first-order chi connectivity index (χ1) is 14.5. The van der Waals surface area contributed by atoms with E-state index in [9.17, 15) is 19.8 Å². The maximum Gasteiger partial charge on any atom is 0.312 e. The van der Waals surface area contributed by atoms with Gasteiger partial charge in [-0.2, -0.15) is 0 Å². The second kappa shape index (κ2) is 6.77. The molecule has 0 saturated heterocycles. The number of phenols is 1. The molecule has 6 heteroatoms. The molecule has 0 spiro atoms. The van der Waals surface area contributed by atoms with Gasteiger partial charge >= 0.3 is 5.97 Å². The number of phenolic OH excluding ortho intramolecular Hbond substituents is 1. The van der Waals surface area contributed by atoms with Crippen LogP contribution in [0.2, 0.25) is 0 Å². The first-order valence-electron chi connectivity index (χ1n) is 9.41. The molecule has 1 atom stereocenters. The number of carbonyl (C=O) groups is 1. The summed E-state index contributed by atoms with van der Waals surface area (Å²) in [4.78, 5) is 25.2. The summed E-state index contributed by atoms with van der Waals surface area (Å²) >= 11 is 0. The van der Waals surface area contributed by atoms with E-state index in [4.69, 9.17) is 9.15 Å². The zero-order valence-corrected chi connectivity index (χ0v) is 15.7. The summed E-state index contributed by atoms with van der Waals surface area (Å²) in [6.07, 6.45) is 0.0577. The Morgan fingerprint density at radius 1 is 0.900 bits per heavy atom. The lowest BCUT2D eigenvalue weighted by molar-refractivity contribution is -0.135. The molecular formula is C24H16O6. The van der Waals surface area contributed by atoms with Gasteiger partial charge in [-0.15, -0.1) is 0 Å². The molecule has 0 aliphatic carbocycles. The average Bonchev–Trinajstić information content (AvgIpc) is 2.76. The van der Waals surface area contributed by atoms with Crippen LogP contribution in [0.3, 0.4) is 0 Å². The third kappa shape index (κ3) is 2.73. The molecule has 0 bridgehead atoms. The molecule has 5 rings (SSSR count). The van der Waals surface area contributed by atoms with Gasteiger partial charge in [0.05, 0.1) is 6.42 Å². The zero-order chi connectivity index (χ0) is 20.8. The summed E-state index contributed by atoms with van der Waals surface area (Å²) < 4.78 is 11.4. The third-order valence-electron chi connectivity index (χ3n) is 5.30. The quantitative estimate of drug-likeness (QED) is 0.384. The van der Waals surface area contributed by atoms with E-state index < -0.39 is 28.8 Å². The zero-order valence-electron chi connectivity index (χ0n) is 15.7. The predicted octanol–water partition coefficient (Wildman–Crippen LogP) is 4.31. The van der Waals surface area contributed by atoms with E-state index in [1.54, 1.807) is 30.3 Å². The molecule has 1 aliphatic heterocycles. The molecule has 0 fully saturated rings. The second-order valence-corrected chi connectivity index (χ2v) is 7.13. The van der Waals surface area contributed by atoms with Gasteiger partial charge in [-0.3, -0.25) is 9.59 Å². The fourth-order valence-electron chi connectivity index (χ4n) is 3.94. The van der Waals surface area contributed by atoms with Crippen LogP contribution in [0.1, 0.15) is 23.5 Å². The van der Waals surface area contributed by atoms with E-state index in [1.807, 2.05) is 30.3 Å². The monoisotopic (exact) mass is 400 g/mol. The molecule has 30 heavy (non-hydrogen) atoms. The summed E-state index contributed by atoms with van der Waals surface area (Å²) in [5, 5.41) is 20.8. The Hall–Kier alpha value is -4.06. The molecule has 1 unspecified atom stereocenters. The number of ether oxygens (including phenoxy) is 1. The van der Waals surface area contributed by atoms with Gasteiger partial charge in [0, 0.05) is 23.1 Å². The average molecular weight is 400 g/mol. The van der Waals surface area contributed by atoms with E-state index in [1.165, 1.54) is 6.07 Å². The van der Waals surface area contributed by atoms with Crippen molar-refractivity contribution in [2.24, 2.45) is 0 Å². The van der Waals surface area contributed by atoms with Crippen molar-refractivity contribution < 1.29 is 24.2 Å². The van der Waals surface area contributed by atoms with E-state index in [0.29, 0.717) is 11.1 Å². The van der Waals surface area contributed by atoms with Crippen LogP contribution < -0.4 is 10.2 Å². The molecule has 1 aliphatic rings. The van der Waals surface area contributed by atoms with Crippen LogP contribution in [0.25, 0.3) is 22.3 Å². The summed E-state index contributed by atoms with van der Waals surface area (Å²) in [7, 11) is 0. The van der Waals surface area contributed by atoms with E-state index in [0.717, 1.165) is 5.56 Å². The molecule has 6 nitrogen and oxygen atoms in total. The molecule has 4 aromatic rings. The number of rotatable bonds is 2. The van der Waals surface area contributed by atoms with Crippen LogP contribution in [0.5, 0.6) is 17.2 Å².